The zero-order valence-electron chi connectivity index (χ0n) is 24.3. The minimum Gasteiger partial charge on any atom is -0.446 e. The molecule has 9 nitrogen and oxygen atoms in total. The predicted molar refractivity (Wildman–Crippen MR) is 164 cm³/mol. The Hall–Kier alpha value is -3.73. The van der Waals surface area contributed by atoms with Crippen LogP contribution in [-0.4, -0.2) is 75.3 Å². The highest BCUT2D eigenvalue weighted by Gasteiger charge is 2.42. The van der Waals surface area contributed by atoms with Crippen LogP contribution in [0.5, 0.6) is 0 Å². The number of anilines is 1. The number of ether oxygens (including phenoxy) is 1. The van der Waals surface area contributed by atoms with E-state index in [0.717, 1.165) is 73.1 Å². The van der Waals surface area contributed by atoms with E-state index in [1.807, 2.05) is 65.6 Å². The normalized spacial score (nSPS) is 21.8. The summed E-state index contributed by atoms with van der Waals surface area (Å²) in [6.45, 7) is 3.99. The van der Waals surface area contributed by atoms with E-state index in [0.29, 0.717) is 30.5 Å². The third kappa shape index (κ3) is 7.09. The molecule has 0 bridgehead atoms. The van der Waals surface area contributed by atoms with Gasteiger partial charge in [-0.25, -0.2) is 4.79 Å². The van der Waals surface area contributed by atoms with Crippen molar-refractivity contribution in [2.75, 3.05) is 44.3 Å². The maximum atomic E-state index is 13.2. The van der Waals surface area contributed by atoms with Gasteiger partial charge in [-0.2, -0.15) is 8.42 Å². The van der Waals surface area contributed by atoms with Crippen LogP contribution in [-0.2, 0) is 32.1 Å². The molecule has 43 heavy (non-hydrogen) atoms. The summed E-state index contributed by atoms with van der Waals surface area (Å²) in [7, 11) is -3.52. The SMILES string of the molecule is CS(=O)(=O)OCc1ccc2c(c1)CCN(CCN1C[C@H]3CC(OC(=O)Nc4ccccc4-c4ccccc4)C[C@H]3C1)C2=O. The van der Waals surface area contributed by atoms with E-state index in [1.54, 1.807) is 12.1 Å². The number of likely N-dealkylation sites (tertiary alicyclic amines) is 1. The van der Waals surface area contributed by atoms with Crippen molar-refractivity contribution >= 4 is 27.8 Å². The summed E-state index contributed by atoms with van der Waals surface area (Å²) in [6, 6.07) is 23.1. The number of para-hydroxylation sites is 1. The van der Waals surface area contributed by atoms with E-state index in [1.165, 1.54) is 0 Å². The quantitative estimate of drug-likeness (QED) is 0.351. The molecule has 3 atom stereocenters. The van der Waals surface area contributed by atoms with Gasteiger partial charge >= 0.3 is 6.09 Å². The molecule has 3 aromatic carbocycles. The summed E-state index contributed by atoms with van der Waals surface area (Å²) in [4.78, 5) is 30.3. The van der Waals surface area contributed by atoms with Gasteiger partial charge in [-0.3, -0.25) is 14.3 Å². The van der Waals surface area contributed by atoms with Gasteiger partial charge < -0.3 is 14.5 Å². The third-order valence-electron chi connectivity index (χ3n) is 8.77. The van der Waals surface area contributed by atoms with Crippen LogP contribution < -0.4 is 5.32 Å². The van der Waals surface area contributed by atoms with Gasteiger partial charge in [-0.15, -0.1) is 0 Å². The van der Waals surface area contributed by atoms with E-state index < -0.39 is 16.2 Å². The lowest BCUT2D eigenvalue weighted by Gasteiger charge is -2.30. The highest BCUT2D eigenvalue weighted by molar-refractivity contribution is 7.85. The Morgan fingerprint density at radius 3 is 2.40 bits per heavy atom. The minimum absolute atomic E-state index is 0.0181. The van der Waals surface area contributed by atoms with E-state index in [2.05, 4.69) is 10.2 Å². The van der Waals surface area contributed by atoms with Gasteiger partial charge in [0.1, 0.15) is 6.10 Å². The summed E-state index contributed by atoms with van der Waals surface area (Å²) in [5.41, 5.74) is 5.08. The first-order valence-corrected chi connectivity index (χ1v) is 16.6. The van der Waals surface area contributed by atoms with E-state index in [9.17, 15) is 18.0 Å². The molecule has 0 aromatic heterocycles. The molecule has 1 unspecified atom stereocenters. The van der Waals surface area contributed by atoms with Crippen LogP contribution in [0.15, 0.2) is 72.8 Å². The summed E-state index contributed by atoms with van der Waals surface area (Å²) in [6.07, 6.45) is 2.97. The van der Waals surface area contributed by atoms with Gasteiger partial charge in [-0.1, -0.05) is 60.7 Å². The number of amides is 2. The zero-order valence-corrected chi connectivity index (χ0v) is 25.1. The average molecular weight is 604 g/mol. The van der Waals surface area contributed by atoms with Crippen molar-refractivity contribution in [1.82, 2.24) is 9.80 Å². The Labute approximate surface area is 252 Å². The van der Waals surface area contributed by atoms with Gasteiger partial charge in [0.15, 0.2) is 0 Å². The number of carbonyl (C=O) groups is 2. The Kier molecular flexibility index (Phi) is 8.52. The first kappa shape index (κ1) is 29.3. The molecule has 1 saturated heterocycles. The lowest BCUT2D eigenvalue weighted by Crippen LogP contribution is -2.42. The molecule has 1 saturated carbocycles. The van der Waals surface area contributed by atoms with Gasteiger partial charge in [-0.05, 0) is 59.9 Å². The number of nitrogens with zero attached hydrogens (tertiary/aromatic N) is 2. The predicted octanol–water partition coefficient (Wildman–Crippen LogP) is 4.79. The zero-order chi connectivity index (χ0) is 30.0. The molecule has 0 radical (unpaired) electrons. The summed E-state index contributed by atoms with van der Waals surface area (Å²) < 4.78 is 33.3. The van der Waals surface area contributed by atoms with Crippen molar-refractivity contribution in [1.29, 1.82) is 0 Å². The fourth-order valence-electron chi connectivity index (χ4n) is 6.70. The monoisotopic (exact) mass is 603 g/mol. The maximum absolute atomic E-state index is 13.2. The number of fused-ring (bicyclic) bond motifs is 2. The second-order valence-electron chi connectivity index (χ2n) is 11.8. The number of hydrogen-bond donors (Lipinski definition) is 1. The van der Waals surface area contributed by atoms with Gasteiger partial charge in [0.25, 0.3) is 16.0 Å². The first-order chi connectivity index (χ1) is 20.7. The van der Waals surface area contributed by atoms with Gasteiger partial charge in [0.05, 0.1) is 18.6 Å². The molecule has 226 valence electrons. The molecular weight excluding hydrogens is 566 g/mol. The number of benzene rings is 3. The Morgan fingerprint density at radius 2 is 1.65 bits per heavy atom. The molecule has 2 heterocycles. The van der Waals surface area contributed by atoms with Crippen molar-refractivity contribution in [3.8, 4) is 11.1 Å². The van der Waals surface area contributed by atoms with Crippen LogP contribution >= 0.6 is 0 Å². The smallest absolute Gasteiger partial charge is 0.411 e. The molecule has 3 aromatic rings. The van der Waals surface area contributed by atoms with Crippen molar-refractivity contribution in [2.24, 2.45) is 11.8 Å². The van der Waals surface area contributed by atoms with Crippen LogP contribution in [0.4, 0.5) is 10.5 Å². The summed E-state index contributed by atoms with van der Waals surface area (Å²) in [5, 5.41) is 2.95. The molecule has 3 aliphatic rings. The molecule has 2 aliphatic heterocycles. The molecule has 6 rings (SSSR count). The number of hydrogen-bond acceptors (Lipinski definition) is 7. The average Bonchev–Trinajstić information content (AvgIpc) is 3.54. The van der Waals surface area contributed by atoms with Gasteiger partial charge in [0.2, 0.25) is 0 Å². The van der Waals surface area contributed by atoms with E-state index in [-0.39, 0.29) is 18.6 Å². The lowest BCUT2D eigenvalue weighted by atomic mass is 9.97. The summed E-state index contributed by atoms with van der Waals surface area (Å²) >= 11 is 0. The third-order valence-corrected chi connectivity index (χ3v) is 9.32. The first-order valence-electron chi connectivity index (χ1n) is 14.8. The Morgan fingerprint density at radius 1 is 0.930 bits per heavy atom. The number of rotatable bonds is 9. The van der Waals surface area contributed by atoms with Crippen LogP contribution in [0.25, 0.3) is 11.1 Å². The molecule has 0 spiro atoms. The molecule has 2 fully saturated rings. The van der Waals surface area contributed by atoms with Crippen LogP contribution in [0.3, 0.4) is 0 Å². The largest absolute Gasteiger partial charge is 0.446 e. The van der Waals surface area contributed by atoms with Crippen LogP contribution in [0.2, 0.25) is 0 Å². The fraction of sp³-hybridized carbons (Fsp3) is 0.394. The topological polar surface area (TPSA) is 105 Å². The molecule has 1 aliphatic carbocycles. The fourth-order valence-corrected chi connectivity index (χ4v) is 7.05. The minimum atomic E-state index is -3.52. The molecular formula is C33H37N3O6S. The summed E-state index contributed by atoms with van der Waals surface area (Å²) in [5.74, 6) is 0.990. The second-order valence-corrected chi connectivity index (χ2v) is 13.5. The Balaban J connectivity index is 0.957. The van der Waals surface area contributed by atoms with Crippen molar-refractivity contribution in [2.45, 2.75) is 32.0 Å². The van der Waals surface area contributed by atoms with Crippen LogP contribution in [0.1, 0.15) is 34.3 Å². The van der Waals surface area contributed by atoms with Crippen molar-refractivity contribution < 1.29 is 26.9 Å². The highest BCUT2D eigenvalue weighted by atomic mass is 32.2. The van der Waals surface area contributed by atoms with E-state index in [4.69, 9.17) is 8.92 Å². The van der Waals surface area contributed by atoms with Crippen molar-refractivity contribution in [3.05, 3.63) is 89.5 Å². The molecule has 1 N–H and O–H groups in total. The molecule has 2 amide bonds. The van der Waals surface area contributed by atoms with E-state index >= 15 is 0 Å². The lowest BCUT2D eigenvalue weighted by molar-refractivity contribution is 0.0720. The second kappa shape index (κ2) is 12.5. The highest BCUT2D eigenvalue weighted by Crippen LogP contribution is 2.39. The standard InChI is InChI=1S/C33H37N3O6S/c1-43(39,40)41-22-23-11-12-30-25(17-23)13-14-36(32(30)37)16-15-35-20-26-18-28(19-27(26)21-35)42-33(38)34-31-10-6-5-9-29(31)24-7-3-2-4-8-24/h2-12,17,26-28H,13-16,18-22H2,1H3,(H,34,38)/t26-,27+,28?. The van der Waals surface area contributed by atoms with Gasteiger partial charge in [0, 0.05) is 43.9 Å². The number of carbonyl (C=O) groups excluding carboxylic acids is 2. The van der Waals surface area contributed by atoms with Crippen molar-refractivity contribution in [3.63, 3.8) is 0 Å². The number of nitrogens with one attached hydrogen (secondary N) is 1. The Bertz CT molecular complexity index is 1580. The van der Waals surface area contributed by atoms with Crippen LogP contribution in [0, 0.1) is 11.8 Å². The molecule has 10 heteroatoms. The maximum Gasteiger partial charge on any atom is 0.411 e.